The van der Waals surface area contributed by atoms with Crippen LogP contribution in [0.4, 0.5) is 10.5 Å². The molecule has 0 radical (unpaired) electrons. The number of amides is 2. The van der Waals surface area contributed by atoms with Gasteiger partial charge in [0.15, 0.2) is 0 Å². The van der Waals surface area contributed by atoms with Crippen molar-refractivity contribution in [2.45, 2.75) is 32.4 Å². The fourth-order valence-electron chi connectivity index (χ4n) is 3.45. The Morgan fingerprint density at radius 2 is 1.96 bits per heavy atom. The molecule has 1 aliphatic rings. The van der Waals surface area contributed by atoms with E-state index in [0.717, 1.165) is 47.0 Å². The maximum atomic E-state index is 12.4. The lowest BCUT2D eigenvalue weighted by molar-refractivity contribution is 0.252. The van der Waals surface area contributed by atoms with Crippen LogP contribution in [0.25, 0.3) is 11.3 Å². The first-order valence-corrected chi connectivity index (χ1v) is 9.56. The molecule has 2 heterocycles. The van der Waals surface area contributed by atoms with E-state index in [4.69, 9.17) is 9.72 Å². The van der Waals surface area contributed by atoms with E-state index in [9.17, 15) is 4.79 Å². The van der Waals surface area contributed by atoms with Crippen LogP contribution in [0.3, 0.4) is 0 Å². The van der Waals surface area contributed by atoms with Crippen molar-refractivity contribution in [3.8, 4) is 17.0 Å². The van der Waals surface area contributed by atoms with E-state index >= 15 is 0 Å². The van der Waals surface area contributed by atoms with Crippen LogP contribution in [0.1, 0.15) is 24.2 Å². The van der Waals surface area contributed by atoms with Crippen molar-refractivity contribution in [3.05, 3.63) is 66.1 Å². The zero-order valence-corrected chi connectivity index (χ0v) is 15.9. The molecule has 0 unspecified atom stereocenters. The standard InChI is InChI=1S/C22H24N4O2/c1-28-17-11-9-16(10-12-17)14-23-22(27)25-19-7-3-2-6-18(19)20-15-26-13-5-4-8-21(26)24-20/h2-3,6-7,9-12,15H,4-5,8,13-14H2,1H3,(H2,23,25,27). The predicted octanol–water partition coefficient (Wildman–Crippen LogP) is 4.22. The Hall–Kier alpha value is -3.28. The highest BCUT2D eigenvalue weighted by atomic mass is 16.5. The number of ether oxygens (including phenoxy) is 1. The van der Waals surface area contributed by atoms with Crippen LogP contribution >= 0.6 is 0 Å². The molecule has 0 atom stereocenters. The molecule has 2 aromatic carbocycles. The van der Waals surface area contributed by atoms with Crippen molar-refractivity contribution < 1.29 is 9.53 Å². The van der Waals surface area contributed by atoms with Gasteiger partial charge in [0.1, 0.15) is 11.6 Å². The summed E-state index contributed by atoms with van der Waals surface area (Å²) in [5.41, 5.74) is 3.60. The van der Waals surface area contributed by atoms with Crippen LogP contribution in [0.5, 0.6) is 5.75 Å². The normalized spacial score (nSPS) is 12.9. The third-order valence-electron chi connectivity index (χ3n) is 4.97. The number of nitrogens with zero attached hydrogens (tertiary/aromatic N) is 2. The number of rotatable bonds is 5. The lowest BCUT2D eigenvalue weighted by Gasteiger charge is -2.11. The van der Waals surface area contributed by atoms with Crippen LogP contribution in [-0.4, -0.2) is 22.7 Å². The molecule has 2 amide bonds. The Morgan fingerprint density at radius 3 is 2.75 bits per heavy atom. The van der Waals surface area contributed by atoms with Crippen LogP contribution in [0.15, 0.2) is 54.7 Å². The maximum absolute atomic E-state index is 12.4. The van der Waals surface area contributed by atoms with Crippen LogP contribution in [0, 0.1) is 0 Å². The van der Waals surface area contributed by atoms with E-state index in [2.05, 4.69) is 21.4 Å². The smallest absolute Gasteiger partial charge is 0.319 e. The number of hydrogen-bond donors (Lipinski definition) is 2. The quantitative estimate of drug-likeness (QED) is 0.701. The average molecular weight is 376 g/mol. The fourth-order valence-corrected chi connectivity index (χ4v) is 3.45. The monoisotopic (exact) mass is 376 g/mol. The predicted molar refractivity (Wildman–Crippen MR) is 109 cm³/mol. The lowest BCUT2D eigenvalue weighted by Crippen LogP contribution is -2.28. The van der Waals surface area contributed by atoms with Gasteiger partial charge >= 0.3 is 6.03 Å². The number of para-hydroxylation sites is 1. The van der Waals surface area contributed by atoms with Crippen LogP contribution < -0.4 is 15.4 Å². The summed E-state index contributed by atoms with van der Waals surface area (Å²) in [6.07, 6.45) is 5.47. The molecule has 0 saturated heterocycles. The van der Waals surface area contributed by atoms with E-state index in [1.807, 2.05) is 48.5 Å². The summed E-state index contributed by atoms with van der Waals surface area (Å²) >= 11 is 0. The number of nitrogens with one attached hydrogen (secondary N) is 2. The summed E-state index contributed by atoms with van der Waals surface area (Å²) in [6, 6.07) is 15.2. The van der Waals surface area contributed by atoms with Gasteiger partial charge in [-0.25, -0.2) is 9.78 Å². The van der Waals surface area contributed by atoms with Gasteiger partial charge in [0, 0.05) is 31.3 Å². The molecule has 6 nitrogen and oxygen atoms in total. The number of methoxy groups -OCH3 is 1. The molecule has 0 saturated carbocycles. The Bertz CT molecular complexity index is 939. The van der Waals surface area contributed by atoms with Gasteiger partial charge in [0.2, 0.25) is 0 Å². The van der Waals surface area contributed by atoms with E-state index in [1.54, 1.807) is 7.11 Å². The van der Waals surface area contributed by atoms with Gasteiger partial charge in [-0.15, -0.1) is 0 Å². The molecule has 0 aliphatic carbocycles. The number of anilines is 1. The second-order valence-corrected chi connectivity index (χ2v) is 6.89. The largest absolute Gasteiger partial charge is 0.497 e. The number of aryl methyl sites for hydroxylation is 2. The Balaban J connectivity index is 1.44. The van der Waals surface area contributed by atoms with Crippen LogP contribution in [-0.2, 0) is 19.5 Å². The third-order valence-corrected chi connectivity index (χ3v) is 4.97. The Labute approximate surface area is 164 Å². The van der Waals surface area contributed by atoms with Gasteiger partial charge in [0.05, 0.1) is 18.5 Å². The molecule has 1 aromatic heterocycles. The highest BCUT2D eigenvalue weighted by Gasteiger charge is 2.16. The molecule has 4 rings (SSSR count). The second kappa shape index (κ2) is 8.17. The summed E-state index contributed by atoms with van der Waals surface area (Å²) in [5, 5.41) is 5.85. The zero-order valence-electron chi connectivity index (χ0n) is 15.9. The van der Waals surface area contributed by atoms with Gasteiger partial charge in [-0.1, -0.05) is 30.3 Å². The first kappa shape index (κ1) is 18.1. The molecular formula is C22H24N4O2. The molecule has 6 heteroatoms. The van der Waals surface area contributed by atoms with Gasteiger partial charge in [0.25, 0.3) is 0 Å². The van der Waals surface area contributed by atoms with Crippen molar-refractivity contribution in [2.75, 3.05) is 12.4 Å². The number of benzene rings is 2. The number of aromatic nitrogens is 2. The number of hydrogen-bond acceptors (Lipinski definition) is 3. The van der Waals surface area contributed by atoms with Gasteiger partial charge in [-0.2, -0.15) is 0 Å². The molecule has 0 spiro atoms. The molecule has 2 N–H and O–H groups in total. The molecule has 1 aliphatic heterocycles. The molecule has 0 bridgehead atoms. The van der Waals surface area contributed by atoms with Crippen LogP contribution in [0.2, 0.25) is 0 Å². The summed E-state index contributed by atoms with van der Waals surface area (Å²) in [7, 11) is 1.63. The first-order valence-electron chi connectivity index (χ1n) is 9.56. The van der Waals surface area contributed by atoms with Gasteiger partial charge < -0.3 is 19.9 Å². The second-order valence-electron chi connectivity index (χ2n) is 6.89. The topological polar surface area (TPSA) is 68.2 Å². The zero-order chi connectivity index (χ0) is 19.3. The van der Waals surface area contributed by atoms with E-state index < -0.39 is 0 Å². The molecule has 28 heavy (non-hydrogen) atoms. The fraction of sp³-hybridized carbons (Fsp3) is 0.273. The Kier molecular flexibility index (Phi) is 5.28. The van der Waals surface area contributed by atoms with E-state index in [1.165, 1.54) is 12.8 Å². The molecule has 144 valence electrons. The number of imidazole rings is 1. The Morgan fingerprint density at radius 1 is 1.14 bits per heavy atom. The van der Waals surface area contributed by atoms with Crippen molar-refractivity contribution in [1.82, 2.24) is 14.9 Å². The molecule has 0 fully saturated rings. The van der Waals surface area contributed by atoms with Crippen molar-refractivity contribution >= 4 is 11.7 Å². The lowest BCUT2D eigenvalue weighted by atomic mass is 10.1. The third kappa shape index (κ3) is 4.01. The molecule has 3 aromatic rings. The highest BCUT2D eigenvalue weighted by molar-refractivity contribution is 5.93. The summed E-state index contributed by atoms with van der Waals surface area (Å²) in [5.74, 6) is 1.92. The number of fused-ring (bicyclic) bond motifs is 1. The van der Waals surface area contributed by atoms with Crippen molar-refractivity contribution in [1.29, 1.82) is 0 Å². The molecular weight excluding hydrogens is 352 g/mol. The van der Waals surface area contributed by atoms with E-state index in [0.29, 0.717) is 6.54 Å². The minimum atomic E-state index is -0.243. The highest BCUT2D eigenvalue weighted by Crippen LogP contribution is 2.28. The summed E-state index contributed by atoms with van der Waals surface area (Å²) in [4.78, 5) is 17.2. The summed E-state index contributed by atoms with van der Waals surface area (Å²) in [6.45, 7) is 1.46. The van der Waals surface area contributed by atoms with Gasteiger partial charge in [-0.05, 0) is 36.6 Å². The number of carbonyl (C=O) groups is 1. The number of carbonyl (C=O) groups excluding carboxylic acids is 1. The number of urea groups is 1. The first-order chi connectivity index (χ1) is 13.7. The summed E-state index contributed by atoms with van der Waals surface area (Å²) < 4.78 is 7.37. The van der Waals surface area contributed by atoms with Gasteiger partial charge in [-0.3, -0.25) is 0 Å². The SMILES string of the molecule is COc1ccc(CNC(=O)Nc2ccccc2-c2cn3c(n2)CCCC3)cc1. The minimum Gasteiger partial charge on any atom is -0.497 e. The van der Waals surface area contributed by atoms with Crippen molar-refractivity contribution in [2.24, 2.45) is 0 Å². The maximum Gasteiger partial charge on any atom is 0.319 e. The average Bonchev–Trinajstić information content (AvgIpc) is 3.17. The minimum absolute atomic E-state index is 0.243. The van der Waals surface area contributed by atoms with E-state index in [-0.39, 0.29) is 6.03 Å². The van der Waals surface area contributed by atoms with Crippen molar-refractivity contribution in [3.63, 3.8) is 0 Å².